The molecule has 0 radical (unpaired) electrons. The second kappa shape index (κ2) is 18.0. The third-order valence-electron chi connectivity index (χ3n) is 20.6. The van der Waals surface area contributed by atoms with Crippen LogP contribution in [-0.2, 0) is 33.4 Å². The Balaban J connectivity index is 0.000000204. The average Bonchev–Trinajstić information content (AvgIpc) is 3.63. The highest BCUT2D eigenvalue weighted by Gasteiger charge is 2.76. The lowest BCUT2D eigenvalue weighted by Crippen LogP contribution is -2.69. The number of esters is 2. The Morgan fingerprint density at radius 2 is 1.51 bits per heavy atom. The van der Waals surface area contributed by atoms with Crippen molar-refractivity contribution in [3.63, 3.8) is 0 Å². The molecule has 7 saturated carbocycles. The van der Waals surface area contributed by atoms with E-state index in [-0.39, 0.29) is 58.2 Å². The van der Waals surface area contributed by atoms with E-state index in [1.54, 1.807) is 26.8 Å². The molecule has 0 aromatic heterocycles. The lowest BCUT2D eigenvalue weighted by atomic mass is 9.36. The van der Waals surface area contributed by atoms with Crippen LogP contribution in [0.5, 0.6) is 0 Å². The van der Waals surface area contributed by atoms with Crippen molar-refractivity contribution in [2.24, 2.45) is 68.5 Å². The minimum Gasteiger partial charge on any atom is -0.478 e. The molecule has 12 nitrogen and oxygen atoms in total. The number of carboxylic acid groups (broad SMARTS) is 1. The third kappa shape index (κ3) is 7.67. The first-order valence-corrected chi connectivity index (χ1v) is 25.3. The summed E-state index contributed by atoms with van der Waals surface area (Å²) in [5.41, 5.74) is -3.76. The molecule has 378 valence electrons. The summed E-state index contributed by atoms with van der Waals surface area (Å²) in [6.45, 7) is 20.3. The molecule has 0 aromatic carbocycles. The summed E-state index contributed by atoms with van der Waals surface area (Å²) in [6.07, 6.45) is 10.5. The molecule has 0 spiro atoms. The molecule has 0 heterocycles. The predicted molar refractivity (Wildman–Crippen MR) is 252 cm³/mol. The monoisotopic (exact) mass is 951 g/mol. The van der Waals surface area contributed by atoms with E-state index in [1.807, 2.05) is 19.9 Å². The van der Waals surface area contributed by atoms with Crippen molar-refractivity contribution >= 4 is 29.5 Å². The number of alkyl halides is 1. The van der Waals surface area contributed by atoms with Crippen LogP contribution in [0.3, 0.4) is 0 Å². The number of halogens is 1. The summed E-state index contributed by atoms with van der Waals surface area (Å²) in [7, 11) is 0. The van der Waals surface area contributed by atoms with Gasteiger partial charge in [0.25, 0.3) is 0 Å². The second-order valence-electron chi connectivity index (χ2n) is 24.0. The fraction of sp³-hybridized carbons (Fsp3) is 0.764. The van der Waals surface area contributed by atoms with Crippen molar-refractivity contribution in [3.8, 4) is 0 Å². The Kier molecular flexibility index (Phi) is 13.8. The third-order valence-corrected chi connectivity index (χ3v) is 20.6. The summed E-state index contributed by atoms with van der Waals surface area (Å²) >= 11 is 0. The number of hydrogen-bond donors (Lipinski definition) is 5. The number of rotatable bonds is 8. The van der Waals surface area contributed by atoms with Gasteiger partial charge in [-0.25, -0.2) is 9.18 Å². The fourth-order valence-electron chi connectivity index (χ4n) is 17.2. The molecule has 0 bridgehead atoms. The molecule has 8 aliphatic rings. The maximum absolute atomic E-state index is 17.0. The Labute approximate surface area is 402 Å². The number of aliphatic hydroxyl groups is 4. The van der Waals surface area contributed by atoms with Gasteiger partial charge >= 0.3 is 17.9 Å². The Morgan fingerprint density at radius 1 is 0.838 bits per heavy atom. The topological polar surface area (TPSA) is 205 Å². The van der Waals surface area contributed by atoms with E-state index in [9.17, 15) is 49.5 Å². The molecule has 18 atom stereocenters. The van der Waals surface area contributed by atoms with Crippen LogP contribution in [0.15, 0.2) is 46.6 Å². The molecule has 5 N–H and O–H groups in total. The molecule has 13 heteroatoms. The number of ketones is 2. The van der Waals surface area contributed by atoms with Crippen molar-refractivity contribution < 1.29 is 63.4 Å². The Bertz CT molecular complexity index is 2210. The van der Waals surface area contributed by atoms with Gasteiger partial charge in [0.1, 0.15) is 11.7 Å². The number of hydrogen-bond acceptors (Lipinski definition) is 11. The van der Waals surface area contributed by atoms with Crippen molar-refractivity contribution in [2.75, 3.05) is 6.61 Å². The van der Waals surface area contributed by atoms with Gasteiger partial charge < -0.3 is 35.0 Å². The van der Waals surface area contributed by atoms with E-state index >= 15 is 4.39 Å². The molecule has 0 amide bonds. The van der Waals surface area contributed by atoms with Gasteiger partial charge in [-0.05, 0) is 167 Å². The standard InChI is InChI=1S/C31H48O6.C24H31FO6/c1-17(2)9-8-10-20(28(35)36)26-22-15-24(34)27-29(5)13-12-23(33)18(3)21(29)11-14-30(27,6)31(22,7)16-25(26)37-19(4)32;1-13-9-18-17-6-5-15-10-16(27)7-8-21(15,3)23(17,25)19(28)11-22(18,4)24(13,30)20(29)12-31-14(2)26/h9,18,21-25,27,33-34H,8,10-16H2,1-7H3,(H,35,36);7-8,10,13,17-19,28,30H,5-6,9,11-12H2,1-4H3/b26-20-;/t18-,21-,22-,23+,24+,25-,27-,29-,30-,31-;13-,17+,18+,19?,21+,22+,23+,24+/m01/s1. The van der Waals surface area contributed by atoms with Crippen molar-refractivity contribution in [3.05, 3.63) is 46.6 Å². The lowest BCUT2D eigenvalue weighted by Gasteiger charge is -2.69. The van der Waals surface area contributed by atoms with Crippen LogP contribution in [0, 0.1) is 68.5 Å². The summed E-state index contributed by atoms with van der Waals surface area (Å²) in [6, 6.07) is 0. The van der Waals surface area contributed by atoms with E-state index in [4.69, 9.17) is 9.47 Å². The number of ether oxygens (including phenoxy) is 2. The Morgan fingerprint density at radius 3 is 2.13 bits per heavy atom. The number of carboxylic acids is 1. The number of aliphatic carboxylic acids is 1. The first-order valence-electron chi connectivity index (χ1n) is 25.3. The van der Waals surface area contributed by atoms with E-state index in [0.29, 0.717) is 62.0 Å². The zero-order valence-electron chi connectivity index (χ0n) is 42.3. The fourth-order valence-corrected chi connectivity index (χ4v) is 17.2. The van der Waals surface area contributed by atoms with E-state index in [1.165, 1.54) is 26.0 Å². The number of carbonyl (C=O) groups excluding carboxylic acids is 4. The molecule has 0 aliphatic heterocycles. The number of fused-ring (bicyclic) bond motifs is 10. The second-order valence-corrected chi connectivity index (χ2v) is 24.0. The van der Waals surface area contributed by atoms with E-state index < -0.39 is 82.5 Å². The zero-order valence-corrected chi connectivity index (χ0v) is 42.3. The van der Waals surface area contributed by atoms with Gasteiger partial charge in [0, 0.05) is 36.2 Å². The maximum atomic E-state index is 17.0. The van der Waals surface area contributed by atoms with Crippen LogP contribution in [0.1, 0.15) is 153 Å². The maximum Gasteiger partial charge on any atom is 0.331 e. The lowest BCUT2D eigenvalue weighted by molar-refractivity contribution is -0.234. The summed E-state index contributed by atoms with van der Waals surface area (Å²) < 4.78 is 27.8. The quantitative estimate of drug-likeness (QED) is 0.0889. The summed E-state index contributed by atoms with van der Waals surface area (Å²) in [5, 5.41) is 55.8. The molecule has 1 unspecified atom stereocenters. The van der Waals surface area contributed by atoms with Crippen LogP contribution in [0.25, 0.3) is 0 Å². The summed E-state index contributed by atoms with van der Waals surface area (Å²) in [4.78, 5) is 61.0. The Hall–Kier alpha value is -3.52. The minimum absolute atomic E-state index is 0.0474. The molecular formula is C55H79FO12. The van der Waals surface area contributed by atoms with Gasteiger partial charge in [-0.2, -0.15) is 0 Å². The van der Waals surface area contributed by atoms with E-state index in [0.717, 1.165) is 36.8 Å². The normalized spacial score (nSPS) is 47.2. The van der Waals surface area contributed by atoms with Crippen LogP contribution < -0.4 is 0 Å². The van der Waals surface area contributed by atoms with Gasteiger partial charge in [0.2, 0.25) is 5.78 Å². The largest absolute Gasteiger partial charge is 0.478 e. The van der Waals surface area contributed by atoms with Crippen LogP contribution >= 0.6 is 0 Å². The van der Waals surface area contributed by atoms with E-state index in [2.05, 4.69) is 27.7 Å². The highest BCUT2D eigenvalue weighted by atomic mass is 19.1. The van der Waals surface area contributed by atoms with Gasteiger partial charge in [-0.1, -0.05) is 64.8 Å². The SMILES string of the molecule is CC(=O)OCC(=O)[C@@]1(O)[C@H](C)C[C@H]2[C@@H]3CCC4=CC(=O)C=C[C@]4(C)[C@@]3(F)C(O)C[C@@]21C.CC(=O)O[C@H]1C[C@@]2(C)[C@@H](C[C@@H](O)[C@H]3[C@@]4(C)CC[C@@H](O)[C@@H](C)[C@@H]4CC[C@@]32C)/C1=C(\CCC=C(C)C)C(=O)O. The smallest absolute Gasteiger partial charge is 0.331 e. The highest BCUT2D eigenvalue weighted by molar-refractivity contribution is 6.01. The van der Waals surface area contributed by atoms with Gasteiger partial charge in [0.15, 0.2) is 18.1 Å². The number of allylic oxidation sites excluding steroid dienone is 6. The first kappa shape index (κ1) is 52.3. The minimum atomic E-state index is -2.01. The number of carbonyl (C=O) groups is 5. The molecular weight excluding hydrogens is 872 g/mol. The van der Waals surface area contributed by atoms with Crippen molar-refractivity contribution in [2.45, 2.75) is 189 Å². The first-order chi connectivity index (χ1) is 31.5. The number of aliphatic hydroxyl groups excluding tert-OH is 3. The van der Waals surface area contributed by atoms with Crippen LogP contribution in [0.4, 0.5) is 4.39 Å². The van der Waals surface area contributed by atoms with Crippen molar-refractivity contribution in [1.82, 2.24) is 0 Å². The van der Waals surface area contributed by atoms with Crippen molar-refractivity contribution in [1.29, 1.82) is 0 Å². The number of Topliss-reactive ketones (excluding diaryl/α,β-unsaturated/α-hetero) is 1. The molecule has 8 aliphatic carbocycles. The van der Waals surface area contributed by atoms with Gasteiger partial charge in [0.05, 0.1) is 18.3 Å². The molecule has 68 heavy (non-hydrogen) atoms. The molecule has 0 saturated heterocycles. The zero-order chi connectivity index (χ0) is 50.5. The molecule has 7 fully saturated rings. The average molecular weight is 951 g/mol. The highest BCUT2D eigenvalue weighted by Crippen LogP contribution is 2.75. The summed E-state index contributed by atoms with van der Waals surface area (Å²) in [5.74, 6) is -3.71. The van der Waals surface area contributed by atoms with Crippen LogP contribution in [-0.4, -0.2) is 97.3 Å². The predicted octanol–water partition coefficient (Wildman–Crippen LogP) is 8.13. The van der Waals surface area contributed by atoms with Gasteiger partial charge in [-0.3, -0.25) is 19.2 Å². The van der Waals surface area contributed by atoms with Gasteiger partial charge in [-0.15, -0.1) is 0 Å². The molecule has 0 aromatic rings. The van der Waals surface area contributed by atoms with Crippen LogP contribution in [0.2, 0.25) is 0 Å². The molecule has 8 rings (SSSR count).